The largest absolute Gasteiger partial charge is 0.497 e. The molecule has 22 heavy (non-hydrogen) atoms. The van der Waals surface area contributed by atoms with E-state index in [4.69, 9.17) is 10.1 Å². The second-order valence-corrected chi connectivity index (χ2v) is 5.45. The fourth-order valence-corrected chi connectivity index (χ4v) is 3.01. The maximum absolute atomic E-state index is 11.0. The number of nitrogens with one attached hydrogen (secondary N) is 1. The van der Waals surface area contributed by atoms with Crippen LogP contribution in [-0.2, 0) is 6.42 Å². The lowest BCUT2D eigenvalue weighted by Gasteiger charge is -2.27. The maximum atomic E-state index is 11.0. The zero-order valence-corrected chi connectivity index (χ0v) is 12.2. The highest BCUT2D eigenvalue weighted by molar-refractivity contribution is 5.87. The topological polar surface area (TPSA) is 76.2 Å². The number of hydrogen-bond acceptors (Lipinski definition) is 4. The lowest BCUT2D eigenvalue weighted by atomic mass is 9.78. The Balaban J connectivity index is 2.07. The van der Waals surface area contributed by atoms with Crippen molar-refractivity contribution in [3.05, 3.63) is 69.3 Å². The minimum atomic E-state index is -0.382. The number of nitro benzene ring substituents is 1. The Labute approximate surface area is 128 Å². The minimum Gasteiger partial charge on any atom is -0.497 e. The van der Waals surface area contributed by atoms with Gasteiger partial charge in [-0.2, -0.15) is 0 Å². The van der Waals surface area contributed by atoms with Crippen molar-refractivity contribution in [2.45, 2.75) is 18.8 Å². The predicted molar refractivity (Wildman–Crippen MR) is 84.0 cm³/mol. The molecule has 0 spiro atoms. The molecule has 5 nitrogen and oxygen atoms in total. The number of rotatable bonds is 3. The summed E-state index contributed by atoms with van der Waals surface area (Å²) in [5.74, 6) is 0.758. The molecular weight excluding hydrogens is 280 g/mol. The van der Waals surface area contributed by atoms with Crippen LogP contribution in [0.2, 0.25) is 0 Å². The molecule has 0 radical (unpaired) electrons. The first-order valence-electron chi connectivity index (χ1n) is 7.06. The summed E-state index contributed by atoms with van der Waals surface area (Å²) >= 11 is 0. The van der Waals surface area contributed by atoms with Gasteiger partial charge in [0.25, 0.3) is 5.69 Å². The van der Waals surface area contributed by atoms with E-state index < -0.39 is 0 Å². The third-order valence-corrected chi connectivity index (χ3v) is 4.06. The number of non-ortho nitro benzene ring substituents is 1. The van der Waals surface area contributed by atoms with Gasteiger partial charge in [-0.1, -0.05) is 18.2 Å². The Morgan fingerprint density at radius 2 is 2.09 bits per heavy atom. The summed E-state index contributed by atoms with van der Waals surface area (Å²) in [5, 5.41) is 19.1. The average molecular weight is 296 g/mol. The molecule has 0 heterocycles. The van der Waals surface area contributed by atoms with Crippen LogP contribution in [0.15, 0.2) is 42.5 Å². The highest BCUT2D eigenvalue weighted by Crippen LogP contribution is 2.37. The molecule has 2 aromatic carbocycles. The maximum Gasteiger partial charge on any atom is 0.269 e. The van der Waals surface area contributed by atoms with Crippen LogP contribution < -0.4 is 4.74 Å². The summed E-state index contributed by atoms with van der Waals surface area (Å²) in [4.78, 5) is 10.6. The number of fused-ring (bicyclic) bond motifs is 1. The Morgan fingerprint density at radius 1 is 1.27 bits per heavy atom. The van der Waals surface area contributed by atoms with Crippen molar-refractivity contribution in [2.75, 3.05) is 7.11 Å². The molecule has 0 amide bonds. The van der Waals surface area contributed by atoms with Crippen LogP contribution in [0.4, 0.5) is 5.69 Å². The van der Waals surface area contributed by atoms with Gasteiger partial charge in [0.15, 0.2) is 0 Å². The molecule has 3 rings (SSSR count). The number of benzene rings is 2. The van der Waals surface area contributed by atoms with Gasteiger partial charge in [-0.05, 0) is 35.2 Å². The summed E-state index contributed by atoms with van der Waals surface area (Å²) in [5.41, 5.74) is 3.79. The van der Waals surface area contributed by atoms with Crippen molar-refractivity contribution in [1.29, 1.82) is 5.41 Å². The number of hydrogen-bond donors (Lipinski definition) is 1. The highest BCUT2D eigenvalue weighted by atomic mass is 16.6. The van der Waals surface area contributed by atoms with Gasteiger partial charge in [0.1, 0.15) is 5.75 Å². The zero-order valence-electron chi connectivity index (χ0n) is 12.2. The van der Waals surface area contributed by atoms with Crippen molar-refractivity contribution in [1.82, 2.24) is 0 Å². The Kier molecular flexibility index (Phi) is 3.63. The Hall–Kier alpha value is -2.69. The van der Waals surface area contributed by atoms with Gasteiger partial charge >= 0.3 is 0 Å². The first-order chi connectivity index (χ1) is 10.6. The summed E-state index contributed by atoms with van der Waals surface area (Å²) in [6.07, 6.45) is 1.21. The van der Waals surface area contributed by atoms with Gasteiger partial charge in [0.2, 0.25) is 0 Å². The molecule has 1 aliphatic rings. The predicted octanol–water partition coefficient (Wildman–Crippen LogP) is 3.70. The van der Waals surface area contributed by atoms with Gasteiger partial charge in [-0.15, -0.1) is 0 Å². The van der Waals surface area contributed by atoms with E-state index in [1.54, 1.807) is 19.2 Å². The van der Waals surface area contributed by atoms with Gasteiger partial charge in [-0.3, -0.25) is 10.1 Å². The summed E-state index contributed by atoms with van der Waals surface area (Å²) in [6.45, 7) is 0. The summed E-state index contributed by atoms with van der Waals surface area (Å²) in [7, 11) is 1.62. The number of ether oxygens (including phenoxy) is 1. The smallest absolute Gasteiger partial charge is 0.269 e. The van der Waals surface area contributed by atoms with Crippen LogP contribution in [0.3, 0.4) is 0 Å². The fourth-order valence-electron chi connectivity index (χ4n) is 3.01. The van der Waals surface area contributed by atoms with E-state index in [0.29, 0.717) is 18.6 Å². The average Bonchev–Trinajstić information content (AvgIpc) is 2.53. The van der Waals surface area contributed by atoms with E-state index in [1.807, 2.05) is 24.3 Å². The second kappa shape index (κ2) is 5.60. The lowest BCUT2D eigenvalue weighted by Crippen LogP contribution is -2.19. The molecule has 5 heteroatoms. The molecule has 0 saturated carbocycles. The van der Waals surface area contributed by atoms with Gasteiger partial charge in [0.05, 0.1) is 12.0 Å². The quantitative estimate of drug-likeness (QED) is 0.693. The van der Waals surface area contributed by atoms with E-state index in [2.05, 4.69) is 0 Å². The molecule has 0 bridgehead atoms. The normalized spacial score (nSPS) is 17.0. The SMILES string of the molecule is COc1ccc2c(c1)CC(=N)CC2c1cccc([N+](=O)[O-])c1. The summed E-state index contributed by atoms with van der Waals surface area (Å²) in [6, 6.07) is 12.6. The molecule has 1 aliphatic carbocycles. The van der Waals surface area contributed by atoms with Crippen LogP contribution in [0.5, 0.6) is 5.75 Å². The molecule has 1 atom stereocenters. The minimum absolute atomic E-state index is 0.0120. The van der Waals surface area contributed by atoms with Crippen LogP contribution in [0.1, 0.15) is 29.0 Å². The second-order valence-electron chi connectivity index (χ2n) is 5.45. The van der Waals surface area contributed by atoms with Crippen LogP contribution in [0.25, 0.3) is 0 Å². The van der Waals surface area contributed by atoms with Crippen molar-refractivity contribution in [3.63, 3.8) is 0 Å². The number of nitrogens with zero attached hydrogens (tertiary/aromatic N) is 1. The van der Waals surface area contributed by atoms with E-state index in [0.717, 1.165) is 22.4 Å². The van der Waals surface area contributed by atoms with Crippen molar-refractivity contribution in [3.8, 4) is 5.75 Å². The Bertz CT molecular complexity index is 755. The monoisotopic (exact) mass is 296 g/mol. The first kappa shape index (κ1) is 14.3. The third kappa shape index (κ3) is 2.57. The van der Waals surface area contributed by atoms with Crippen LogP contribution in [-0.4, -0.2) is 17.7 Å². The fraction of sp³-hybridized carbons (Fsp3) is 0.235. The molecule has 0 aromatic heterocycles. The molecule has 112 valence electrons. The lowest BCUT2D eigenvalue weighted by molar-refractivity contribution is -0.384. The Morgan fingerprint density at radius 3 is 2.82 bits per heavy atom. The molecule has 0 aliphatic heterocycles. The molecule has 1 unspecified atom stereocenters. The molecule has 2 aromatic rings. The standard InChI is InChI=1S/C17H16N2O3/c1-22-15-5-6-16-12(9-15)7-13(18)10-17(16)11-3-2-4-14(8-11)19(20)21/h2-6,8-9,17-18H,7,10H2,1H3. The number of methoxy groups -OCH3 is 1. The van der Waals surface area contributed by atoms with E-state index in [1.165, 1.54) is 6.07 Å². The zero-order chi connectivity index (χ0) is 15.7. The molecule has 0 saturated heterocycles. The number of nitro groups is 1. The van der Waals surface area contributed by atoms with Gasteiger partial charge < -0.3 is 10.1 Å². The van der Waals surface area contributed by atoms with E-state index >= 15 is 0 Å². The summed E-state index contributed by atoms with van der Waals surface area (Å²) < 4.78 is 5.25. The van der Waals surface area contributed by atoms with Crippen LogP contribution >= 0.6 is 0 Å². The molecule has 0 fully saturated rings. The van der Waals surface area contributed by atoms with E-state index in [9.17, 15) is 10.1 Å². The van der Waals surface area contributed by atoms with Crippen molar-refractivity contribution in [2.24, 2.45) is 0 Å². The molecular formula is C17H16N2O3. The van der Waals surface area contributed by atoms with Crippen LogP contribution in [0, 0.1) is 15.5 Å². The van der Waals surface area contributed by atoms with Gasteiger partial charge in [0, 0.05) is 30.2 Å². The van der Waals surface area contributed by atoms with E-state index in [-0.39, 0.29) is 16.5 Å². The third-order valence-electron chi connectivity index (χ3n) is 4.06. The van der Waals surface area contributed by atoms with Gasteiger partial charge in [-0.25, -0.2) is 0 Å². The highest BCUT2D eigenvalue weighted by Gasteiger charge is 2.26. The first-order valence-corrected chi connectivity index (χ1v) is 7.06. The molecule has 1 N–H and O–H groups in total. The van der Waals surface area contributed by atoms with Crippen molar-refractivity contribution >= 4 is 11.4 Å². The van der Waals surface area contributed by atoms with Crippen molar-refractivity contribution < 1.29 is 9.66 Å².